The van der Waals surface area contributed by atoms with Gasteiger partial charge in [0, 0.05) is 11.8 Å². The quantitative estimate of drug-likeness (QED) is 0.787. The molecule has 0 atom stereocenters. The summed E-state index contributed by atoms with van der Waals surface area (Å²) in [6.07, 6.45) is 0. The molecule has 0 unspecified atom stereocenters. The Labute approximate surface area is 117 Å². The molecule has 0 aliphatic carbocycles. The fraction of sp³-hybridized carbons (Fsp3) is 0.250. The Balaban J connectivity index is 2.27. The van der Waals surface area contributed by atoms with Gasteiger partial charge in [0.25, 0.3) is 0 Å². The van der Waals surface area contributed by atoms with Gasteiger partial charge >= 0.3 is 0 Å². The van der Waals surface area contributed by atoms with E-state index in [1.165, 1.54) is 11.6 Å². The second-order valence-electron chi connectivity index (χ2n) is 5.80. The summed E-state index contributed by atoms with van der Waals surface area (Å²) in [6.45, 7) is 6.36. The molecule has 0 radical (unpaired) electrons. The van der Waals surface area contributed by atoms with Crippen LogP contribution in [0.2, 0.25) is 0 Å². The molecular weight excluding hydrogens is 258 g/mol. The van der Waals surface area contributed by atoms with Gasteiger partial charge in [-0.3, -0.25) is 0 Å². The Hall–Kier alpha value is -2.10. The molecule has 106 valence electrons. The highest BCUT2D eigenvalue weighted by molar-refractivity contribution is 5.73. The van der Waals surface area contributed by atoms with E-state index in [2.05, 4.69) is 26.1 Å². The average Bonchev–Trinajstić information content (AvgIpc) is 2.35. The van der Waals surface area contributed by atoms with Crippen LogP contribution in [0, 0.1) is 11.6 Å². The van der Waals surface area contributed by atoms with Gasteiger partial charge in [0.15, 0.2) is 5.82 Å². The van der Waals surface area contributed by atoms with Crippen LogP contribution in [-0.2, 0) is 5.41 Å². The van der Waals surface area contributed by atoms with Crippen LogP contribution in [0.5, 0.6) is 0 Å². The van der Waals surface area contributed by atoms with E-state index in [4.69, 9.17) is 5.73 Å². The van der Waals surface area contributed by atoms with Crippen LogP contribution in [-0.4, -0.2) is 0 Å². The van der Waals surface area contributed by atoms with Crippen molar-refractivity contribution in [2.45, 2.75) is 26.2 Å². The van der Waals surface area contributed by atoms with Crippen LogP contribution in [0.4, 0.5) is 25.8 Å². The van der Waals surface area contributed by atoms with E-state index in [1.54, 1.807) is 0 Å². The second-order valence-corrected chi connectivity index (χ2v) is 5.80. The van der Waals surface area contributed by atoms with Crippen molar-refractivity contribution in [1.82, 2.24) is 0 Å². The minimum Gasteiger partial charge on any atom is -0.395 e. The predicted molar refractivity (Wildman–Crippen MR) is 79.2 cm³/mol. The summed E-state index contributed by atoms with van der Waals surface area (Å²) in [7, 11) is 0. The molecule has 0 saturated carbocycles. The third kappa shape index (κ3) is 3.07. The van der Waals surface area contributed by atoms with Gasteiger partial charge in [-0.2, -0.15) is 0 Å². The van der Waals surface area contributed by atoms with Gasteiger partial charge in [0.2, 0.25) is 0 Å². The summed E-state index contributed by atoms with van der Waals surface area (Å²) < 4.78 is 26.6. The standard InChI is InChI=1S/C16H18F2N2/c1-16(2,3)10-4-6-12(7-5-10)20-14-9-11(17)8-13(18)15(14)19/h4-9,20H,19H2,1-3H3. The summed E-state index contributed by atoms with van der Waals surface area (Å²) in [5, 5.41) is 2.93. The van der Waals surface area contributed by atoms with Gasteiger partial charge < -0.3 is 11.1 Å². The van der Waals surface area contributed by atoms with Gasteiger partial charge in [-0.25, -0.2) is 8.78 Å². The van der Waals surface area contributed by atoms with Crippen LogP contribution in [0.15, 0.2) is 36.4 Å². The number of hydrogen-bond acceptors (Lipinski definition) is 2. The number of nitrogens with one attached hydrogen (secondary N) is 1. The van der Waals surface area contributed by atoms with Gasteiger partial charge in [0.05, 0.1) is 11.4 Å². The molecule has 0 fully saturated rings. The average molecular weight is 276 g/mol. The van der Waals surface area contributed by atoms with Crippen molar-refractivity contribution in [3.63, 3.8) is 0 Å². The molecule has 0 bridgehead atoms. The monoisotopic (exact) mass is 276 g/mol. The first-order chi connectivity index (χ1) is 9.27. The molecule has 0 amide bonds. The third-order valence-electron chi connectivity index (χ3n) is 3.12. The normalized spacial score (nSPS) is 11.4. The fourth-order valence-corrected chi connectivity index (χ4v) is 1.90. The molecule has 0 spiro atoms. The number of benzene rings is 2. The molecule has 2 aromatic rings. The second kappa shape index (κ2) is 5.12. The molecule has 0 heterocycles. The fourth-order valence-electron chi connectivity index (χ4n) is 1.90. The Morgan fingerprint density at radius 3 is 2.15 bits per heavy atom. The number of rotatable bonds is 2. The molecule has 2 rings (SSSR count). The van der Waals surface area contributed by atoms with Crippen molar-refractivity contribution in [3.05, 3.63) is 53.6 Å². The van der Waals surface area contributed by atoms with Crippen molar-refractivity contribution >= 4 is 17.1 Å². The van der Waals surface area contributed by atoms with Crippen molar-refractivity contribution < 1.29 is 8.78 Å². The van der Waals surface area contributed by atoms with Gasteiger partial charge in [-0.05, 0) is 29.2 Å². The minimum absolute atomic E-state index is 0.0581. The molecule has 4 heteroatoms. The minimum atomic E-state index is -0.765. The highest BCUT2D eigenvalue weighted by atomic mass is 19.1. The number of halogens is 2. The van der Waals surface area contributed by atoms with E-state index in [0.717, 1.165) is 11.8 Å². The van der Waals surface area contributed by atoms with Gasteiger partial charge in [-0.15, -0.1) is 0 Å². The first-order valence-electron chi connectivity index (χ1n) is 6.39. The molecule has 0 saturated heterocycles. The first-order valence-corrected chi connectivity index (χ1v) is 6.39. The van der Waals surface area contributed by atoms with E-state index in [-0.39, 0.29) is 16.8 Å². The largest absolute Gasteiger partial charge is 0.395 e. The maximum absolute atomic E-state index is 13.4. The maximum atomic E-state index is 13.4. The Morgan fingerprint density at radius 2 is 1.60 bits per heavy atom. The predicted octanol–water partition coefficient (Wildman–Crippen LogP) is 4.59. The Bertz CT molecular complexity index is 614. The number of hydrogen-bond donors (Lipinski definition) is 2. The first kappa shape index (κ1) is 14.3. The van der Waals surface area contributed by atoms with Gasteiger partial charge in [0.1, 0.15) is 5.82 Å². The van der Waals surface area contributed by atoms with E-state index >= 15 is 0 Å². The molecule has 0 aromatic heterocycles. The zero-order valence-corrected chi connectivity index (χ0v) is 11.8. The van der Waals surface area contributed by atoms with Crippen molar-refractivity contribution in [2.75, 3.05) is 11.1 Å². The number of anilines is 3. The summed E-state index contributed by atoms with van der Waals surface area (Å²) >= 11 is 0. The summed E-state index contributed by atoms with van der Waals surface area (Å²) in [5.41, 5.74) is 7.70. The molecule has 2 nitrogen and oxygen atoms in total. The maximum Gasteiger partial charge on any atom is 0.151 e. The van der Waals surface area contributed by atoms with E-state index in [1.807, 2.05) is 24.3 Å². The highest BCUT2D eigenvalue weighted by Gasteiger charge is 2.13. The lowest BCUT2D eigenvalue weighted by Gasteiger charge is -2.19. The summed E-state index contributed by atoms with van der Waals surface area (Å²) in [6, 6.07) is 9.63. The van der Waals surface area contributed by atoms with Crippen LogP contribution < -0.4 is 11.1 Å². The highest BCUT2D eigenvalue weighted by Crippen LogP contribution is 2.28. The van der Waals surface area contributed by atoms with Crippen molar-refractivity contribution in [2.24, 2.45) is 0 Å². The Kier molecular flexibility index (Phi) is 3.66. The van der Waals surface area contributed by atoms with Crippen molar-refractivity contribution in [1.29, 1.82) is 0 Å². The van der Waals surface area contributed by atoms with E-state index in [9.17, 15) is 8.78 Å². The molecule has 20 heavy (non-hydrogen) atoms. The smallest absolute Gasteiger partial charge is 0.151 e. The van der Waals surface area contributed by atoms with Crippen LogP contribution in [0.25, 0.3) is 0 Å². The van der Waals surface area contributed by atoms with Crippen LogP contribution in [0.3, 0.4) is 0 Å². The topological polar surface area (TPSA) is 38.0 Å². The lowest BCUT2D eigenvalue weighted by Crippen LogP contribution is -2.10. The van der Waals surface area contributed by atoms with Crippen LogP contribution >= 0.6 is 0 Å². The van der Waals surface area contributed by atoms with E-state index in [0.29, 0.717) is 0 Å². The Morgan fingerprint density at radius 1 is 1.00 bits per heavy atom. The van der Waals surface area contributed by atoms with Crippen LogP contribution in [0.1, 0.15) is 26.3 Å². The molecular formula is C16H18F2N2. The van der Waals surface area contributed by atoms with Gasteiger partial charge in [-0.1, -0.05) is 32.9 Å². The zero-order chi connectivity index (χ0) is 14.9. The number of nitrogen functional groups attached to an aromatic ring is 1. The lowest BCUT2D eigenvalue weighted by molar-refractivity contribution is 0.587. The molecule has 0 aliphatic heterocycles. The number of nitrogens with two attached hydrogens (primary N) is 1. The zero-order valence-electron chi connectivity index (χ0n) is 11.8. The molecule has 3 N–H and O–H groups in total. The summed E-state index contributed by atoms with van der Waals surface area (Å²) in [4.78, 5) is 0. The lowest BCUT2D eigenvalue weighted by atomic mass is 9.87. The summed E-state index contributed by atoms with van der Waals surface area (Å²) in [5.74, 6) is -1.43. The molecule has 0 aliphatic rings. The third-order valence-corrected chi connectivity index (χ3v) is 3.12. The van der Waals surface area contributed by atoms with Crippen molar-refractivity contribution in [3.8, 4) is 0 Å². The van der Waals surface area contributed by atoms with E-state index < -0.39 is 11.6 Å². The molecule has 2 aromatic carbocycles. The SMILES string of the molecule is CC(C)(C)c1ccc(Nc2cc(F)cc(F)c2N)cc1.